The fourth-order valence-electron chi connectivity index (χ4n) is 1.97. The van der Waals surface area contributed by atoms with Crippen molar-refractivity contribution in [3.8, 4) is 0 Å². The van der Waals surface area contributed by atoms with E-state index >= 15 is 0 Å². The molecule has 5 heteroatoms. The second kappa shape index (κ2) is 5.77. The molecule has 0 amide bonds. The van der Waals surface area contributed by atoms with Crippen molar-refractivity contribution in [2.24, 2.45) is 5.92 Å². The highest BCUT2D eigenvalue weighted by Gasteiger charge is 2.43. The van der Waals surface area contributed by atoms with Crippen molar-refractivity contribution in [3.63, 3.8) is 0 Å². The molecule has 3 N–H and O–H groups in total. The average molecular weight is 220 g/mol. The van der Waals surface area contributed by atoms with Gasteiger partial charge in [0.15, 0.2) is 6.29 Å². The van der Waals surface area contributed by atoms with Crippen LogP contribution in [-0.4, -0.2) is 53.1 Å². The van der Waals surface area contributed by atoms with E-state index in [2.05, 4.69) is 0 Å². The fourth-order valence-corrected chi connectivity index (χ4v) is 1.97. The number of rotatable bonds is 4. The Labute approximate surface area is 89.6 Å². The van der Waals surface area contributed by atoms with E-state index in [9.17, 15) is 10.2 Å². The van der Waals surface area contributed by atoms with E-state index in [0.29, 0.717) is 13.0 Å². The predicted molar refractivity (Wildman–Crippen MR) is 53.2 cm³/mol. The summed E-state index contributed by atoms with van der Waals surface area (Å²) in [5.41, 5.74) is 0. The van der Waals surface area contributed by atoms with Gasteiger partial charge in [0.25, 0.3) is 0 Å². The highest BCUT2D eigenvalue weighted by atomic mass is 16.7. The molecule has 0 radical (unpaired) electrons. The Morgan fingerprint density at radius 3 is 2.33 bits per heavy atom. The predicted octanol–water partition coefficient (Wildman–Crippen LogP) is -0.512. The minimum Gasteiger partial charge on any atom is -0.394 e. The Bertz CT molecular complexity index is 183. The van der Waals surface area contributed by atoms with Crippen LogP contribution in [0.3, 0.4) is 0 Å². The van der Waals surface area contributed by atoms with Crippen LogP contribution in [0.1, 0.15) is 20.3 Å². The molecule has 1 fully saturated rings. The van der Waals surface area contributed by atoms with Gasteiger partial charge >= 0.3 is 0 Å². The van der Waals surface area contributed by atoms with Gasteiger partial charge in [-0.2, -0.15) is 0 Å². The van der Waals surface area contributed by atoms with Crippen molar-refractivity contribution >= 4 is 0 Å². The molecule has 1 aliphatic heterocycles. The molecule has 0 aromatic heterocycles. The van der Waals surface area contributed by atoms with Gasteiger partial charge in [-0.1, -0.05) is 6.92 Å². The lowest BCUT2D eigenvalue weighted by Crippen LogP contribution is -2.56. The van der Waals surface area contributed by atoms with Crippen molar-refractivity contribution in [3.05, 3.63) is 0 Å². The van der Waals surface area contributed by atoms with Gasteiger partial charge in [0, 0.05) is 12.5 Å². The molecule has 90 valence electrons. The molecule has 15 heavy (non-hydrogen) atoms. The van der Waals surface area contributed by atoms with Crippen molar-refractivity contribution in [2.45, 2.75) is 44.9 Å². The Hall–Kier alpha value is -0.200. The van der Waals surface area contributed by atoms with Crippen LogP contribution in [0, 0.1) is 5.92 Å². The van der Waals surface area contributed by atoms with E-state index in [1.165, 1.54) is 0 Å². The molecule has 5 nitrogen and oxygen atoms in total. The Morgan fingerprint density at radius 1 is 1.20 bits per heavy atom. The van der Waals surface area contributed by atoms with Gasteiger partial charge in [0.2, 0.25) is 0 Å². The monoisotopic (exact) mass is 220 g/mol. The molecule has 0 saturated carbocycles. The molecule has 1 saturated heterocycles. The largest absolute Gasteiger partial charge is 0.394 e. The number of aliphatic hydroxyl groups excluding tert-OH is 3. The summed E-state index contributed by atoms with van der Waals surface area (Å²) in [7, 11) is 0. The second-order valence-corrected chi connectivity index (χ2v) is 3.73. The third-order valence-corrected chi connectivity index (χ3v) is 2.84. The van der Waals surface area contributed by atoms with E-state index in [1.807, 2.05) is 6.92 Å². The SMILES string of the molecule is CCO[C@H]1OC(CO)C(CC)C(O)C1O. The quantitative estimate of drug-likeness (QED) is 0.594. The van der Waals surface area contributed by atoms with Gasteiger partial charge < -0.3 is 24.8 Å². The highest BCUT2D eigenvalue weighted by Crippen LogP contribution is 2.28. The van der Waals surface area contributed by atoms with E-state index in [1.54, 1.807) is 6.92 Å². The normalized spacial score (nSPS) is 41.8. The molecule has 4 unspecified atom stereocenters. The number of hydrogen-bond acceptors (Lipinski definition) is 5. The van der Waals surface area contributed by atoms with Crippen LogP contribution in [0.2, 0.25) is 0 Å². The average Bonchev–Trinajstić information content (AvgIpc) is 2.24. The maximum Gasteiger partial charge on any atom is 0.186 e. The summed E-state index contributed by atoms with van der Waals surface area (Å²) in [6, 6.07) is 0. The van der Waals surface area contributed by atoms with Gasteiger partial charge in [0.05, 0.1) is 18.8 Å². The van der Waals surface area contributed by atoms with Crippen molar-refractivity contribution in [1.82, 2.24) is 0 Å². The Kier molecular flexibility index (Phi) is 4.95. The van der Waals surface area contributed by atoms with Crippen LogP contribution in [0.15, 0.2) is 0 Å². The molecule has 0 aliphatic carbocycles. The summed E-state index contributed by atoms with van der Waals surface area (Å²) in [5.74, 6) is -0.248. The molecule has 0 bridgehead atoms. The van der Waals surface area contributed by atoms with Gasteiger partial charge in [-0.05, 0) is 13.3 Å². The summed E-state index contributed by atoms with van der Waals surface area (Å²) in [6.45, 7) is 3.88. The topological polar surface area (TPSA) is 79.2 Å². The summed E-state index contributed by atoms with van der Waals surface area (Å²) in [5, 5.41) is 28.6. The Balaban J connectivity index is 2.68. The number of hydrogen-bond donors (Lipinski definition) is 3. The van der Waals surface area contributed by atoms with E-state index in [-0.39, 0.29) is 12.5 Å². The molecular formula is C10H20O5. The second-order valence-electron chi connectivity index (χ2n) is 3.73. The van der Waals surface area contributed by atoms with Crippen LogP contribution < -0.4 is 0 Å². The van der Waals surface area contributed by atoms with Crippen LogP contribution in [0.5, 0.6) is 0 Å². The van der Waals surface area contributed by atoms with E-state index < -0.39 is 24.6 Å². The van der Waals surface area contributed by atoms with Crippen molar-refractivity contribution in [2.75, 3.05) is 13.2 Å². The Morgan fingerprint density at radius 2 is 1.87 bits per heavy atom. The molecule has 0 aromatic carbocycles. The van der Waals surface area contributed by atoms with Gasteiger partial charge in [-0.15, -0.1) is 0 Å². The number of ether oxygens (including phenoxy) is 2. The third kappa shape index (κ3) is 2.68. The van der Waals surface area contributed by atoms with Crippen LogP contribution in [0.25, 0.3) is 0 Å². The first kappa shape index (κ1) is 12.9. The van der Waals surface area contributed by atoms with Gasteiger partial charge in [-0.3, -0.25) is 0 Å². The van der Waals surface area contributed by atoms with Crippen LogP contribution in [0.4, 0.5) is 0 Å². The molecule has 1 heterocycles. The minimum atomic E-state index is -1.04. The molecular weight excluding hydrogens is 200 g/mol. The molecule has 1 aliphatic rings. The summed E-state index contributed by atoms with van der Waals surface area (Å²) in [6.07, 6.45) is -2.62. The first-order valence-corrected chi connectivity index (χ1v) is 5.39. The van der Waals surface area contributed by atoms with Crippen molar-refractivity contribution < 1.29 is 24.8 Å². The molecule has 1 rings (SSSR count). The fraction of sp³-hybridized carbons (Fsp3) is 1.00. The van der Waals surface area contributed by atoms with Crippen LogP contribution >= 0.6 is 0 Å². The molecule has 5 atom stereocenters. The molecule has 0 spiro atoms. The first-order chi connectivity index (χ1) is 7.15. The van der Waals surface area contributed by atoms with E-state index in [0.717, 1.165) is 0 Å². The maximum atomic E-state index is 9.81. The highest BCUT2D eigenvalue weighted by molar-refractivity contribution is 4.88. The first-order valence-electron chi connectivity index (χ1n) is 5.39. The van der Waals surface area contributed by atoms with E-state index in [4.69, 9.17) is 14.6 Å². The van der Waals surface area contributed by atoms with Crippen LogP contribution in [-0.2, 0) is 9.47 Å². The minimum absolute atomic E-state index is 0.175. The zero-order valence-corrected chi connectivity index (χ0v) is 9.17. The lowest BCUT2D eigenvalue weighted by atomic mass is 9.87. The smallest absolute Gasteiger partial charge is 0.186 e. The summed E-state index contributed by atoms with van der Waals surface area (Å²) < 4.78 is 10.5. The summed E-state index contributed by atoms with van der Waals surface area (Å²) in [4.78, 5) is 0. The lowest BCUT2D eigenvalue weighted by Gasteiger charge is -2.41. The maximum absolute atomic E-state index is 9.81. The third-order valence-electron chi connectivity index (χ3n) is 2.84. The molecule has 0 aromatic rings. The lowest BCUT2D eigenvalue weighted by molar-refractivity contribution is -0.289. The zero-order chi connectivity index (χ0) is 11.4. The number of aliphatic hydroxyl groups is 3. The van der Waals surface area contributed by atoms with Crippen molar-refractivity contribution in [1.29, 1.82) is 0 Å². The van der Waals surface area contributed by atoms with Gasteiger partial charge in [-0.25, -0.2) is 0 Å². The zero-order valence-electron chi connectivity index (χ0n) is 9.17. The standard InChI is InChI=1S/C10H20O5/c1-3-6-7(5-11)15-10(14-4-2)9(13)8(6)12/h6-13H,3-5H2,1-2H3/t6?,7?,8?,9?,10-/m0/s1. The van der Waals surface area contributed by atoms with Gasteiger partial charge in [0.1, 0.15) is 6.10 Å². The summed E-state index contributed by atoms with van der Waals surface area (Å²) >= 11 is 0.